The number of halogens is 1. The molecule has 0 spiro atoms. The molecule has 0 saturated carbocycles. The SMILES string of the molecule is Cc1cc(OC[C@@H](C)NC(O)c2[nH]c(=O)[nH]c(=O)c2N)ccc1Cl. The molecule has 1 heterocycles. The van der Waals surface area contributed by atoms with E-state index in [1.54, 1.807) is 25.1 Å². The summed E-state index contributed by atoms with van der Waals surface area (Å²) in [4.78, 5) is 27.0. The van der Waals surface area contributed by atoms with Crippen LogP contribution in [-0.2, 0) is 0 Å². The minimum Gasteiger partial charge on any atom is -0.492 e. The molecule has 6 N–H and O–H groups in total. The molecule has 8 nitrogen and oxygen atoms in total. The molecule has 0 aliphatic carbocycles. The lowest BCUT2D eigenvalue weighted by Crippen LogP contribution is -2.38. The van der Waals surface area contributed by atoms with Crippen LogP contribution in [0.3, 0.4) is 0 Å². The van der Waals surface area contributed by atoms with Crippen molar-refractivity contribution in [3.63, 3.8) is 0 Å². The van der Waals surface area contributed by atoms with Crippen LogP contribution in [0.5, 0.6) is 5.75 Å². The summed E-state index contributed by atoms with van der Waals surface area (Å²) in [5, 5.41) is 13.6. The van der Waals surface area contributed by atoms with E-state index in [0.717, 1.165) is 5.56 Å². The molecule has 0 saturated heterocycles. The number of ether oxygens (including phenoxy) is 1. The van der Waals surface area contributed by atoms with E-state index in [1.165, 1.54) is 0 Å². The van der Waals surface area contributed by atoms with Gasteiger partial charge in [-0.2, -0.15) is 0 Å². The normalized spacial score (nSPS) is 13.5. The number of H-pyrrole nitrogens is 2. The fourth-order valence-corrected chi connectivity index (χ4v) is 2.18. The Bertz CT molecular complexity index is 833. The van der Waals surface area contributed by atoms with Crippen molar-refractivity contribution in [2.24, 2.45) is 0 Å². The van der Waals surface area contributed by atoms with Gasteiger partial charge in [-0.3, -0.25) is 15.1 Å². The van der Waals surface area contributed by atoms with Gasteiger partial charge in [-0.1, -0.05) is 11.6 Å². The van der Waals surface area contributed by atoms with Crippen LogP contribution in [0.2, 0.25) is 5.02 Å². The van der Waals surface area contributed by atoms with Gasteiger partial charge < -0.3 is 20.6 Å². The Kier molecular flexibility index (Phi) is 5.66. The average Bonchev–Trinajstić information content (AvgIpc) is 2.52. The zero-order valence-corrected chi connectivity index (χ0v) is 14.0. The molecule has 0 bridgehead atoms. The van der Waals surface area contributed by atoms with Gasteiger partial charge in [-0.05, 0) is 37.6 Å². The summed E-state index contributed by atoms with van der Waals surface area (Å²) in [6.45, 7) is 3.88. The van der Waals surface area contributed by atoms with Crippen molar-refractivity contribution in [2.45, 2.75) is 26.1 Å². The van der Waals surface area contributed by atoms with Gasteiger partial charge >= 0.3 is 5.69 Å². The predicted octanol–water partition coefficient (Wildman–Crippen LogP) is 0.655. The van der Waals surface area contributed by atoms with Gasteiger partial charge in [0.2, 0.25) is 0 Å². The third-order valence-electron chi connectivity index (χ3n) is 3.36. The number of anilines is 1. The molecule has 1 aromatic carbocycles. The summed E-state index contributed by atoms with van der Waals surface area (Å²) < 4.78 is 5.61. The van der Waals surface area contributed by atoms with Crippen LogP contribution < -0.4 is 27.0 Å². The molecule has 130 valence electrons. The molecule has 24 heavy (non-hydrogen) atoms. The molecule has 0 aliphatic heterocycles. The Balaban J connectivity index is 1.99. The third kappa shape index (κ3) is 4.38. The van der Waals surface area contributed by atoms with E-state index in [2.05, 4.69) is 10.3 Å². The second kappa shape index (κ2) is 7.52. The maximum atomic E-state index is 11.4. The van der Waals surface area contributed by atoms with E-state index in [1.807, 2.05) is 11.9 Å². The van der Waals surface area contributed by atoms with Crippen molar-refractivity contribution >= 4 is 17.3 Å². The van der Waals surface area contributed by atoms with E-state index >= 15 is 0 Å². The number of nitrogens with one attached hydrogen (secondary N) is 3. The lowest BCUT2D eigenvalue weighted by molar-refractivity contribution is 0.109. The largest absolute Gasteiger partial charge is 0.492 e. The fraction of sp³-hybridized carbons (Fsp3) is 0.333. The maximum Gasteiger partial charge on any atom is 0.326 e. The number of nitrogen functional groups attached to an aromatic ring is 1. The number of aliphatic hydroxyl groups is 1. The molecule has 1 unspecified atom stereocenters. The summed E-state index contributed by atoms with van der Waals surface area (Å²) in [7, 11) is 0. The number of hydrogen-bond acceptors (Lipinski definition) is 6. The van der Waals surface area contributed by atoms with Gasteiger partial charge in [-0.15, -0.1) is 0 Å². The first kappa shape index (κ1) is 18.1. The van der Waals surface area contributed by atoms with Crippen LogP contribution in [-0.4, -0.2) is 27.7 Å². The number of hydrogen-bond donors (Lipinski definition) is 5. The van der Waals surface area contributed by atoms with Crippen LogP contribution in [0.4, 0.5) is 5.69 Å². The zero-order chi connectivity index (χ0) is 17.9. The highest BCUT2D eigenvalue weighted by Gasteiger charge is 2.17. The number of aromatic amines is 2. The standard InChI is InChI=1S/C15H19ClN4O4/c1-7-5-9(3-4-10(7)16)24-6-8(2)18-14(22)12-11(17)13(21)20-15(23)19-12/h3-5,8,14,18,22H,6,17H2,1-2H3,(H2,19,20,21,23)/t8-,14?/m1/s1. The molecule has 0 radical (unpaired) electrons. The fourth-order valence-electron chi connectivity index (χ4n) is 2.06. The highest BCUT2D eigenvalue weighted by molar-refractivity contribution is 6.31. The summed E-state index contributed by atoms with van der Waals surface area (Å²) >= 11 is 5.95. The van der Waals surface area contributed by atoms with Gasteiger partial charge in [0.1, 0.15) is 24.3 Å². The maximum absolute atomic E-state index is 11.4. The Morgan fingerprint density at radius 1 is 1.38 bits per heavy atom. The van der Waals surface area contributed by atoms with Gasteiger partial charge in [0.05, 0.1) is 5.69 Å². The monoisotopic (exact) mass is 354 g/mol. The number of rotatable bonds is 6. The van der Waals surface area contributed by atoms with E-state index in [9.17, 15) is 14.7 Å². The Morgan fingerprint density at radius 2 is 2.08 bits per heavy atom. The van der Waals surface area contributed by atoms with Crippen LogP contribution in [0.15, 0.2) is 27.8 Å². The molecule has 2 rings (SSSR count). The van der Waals surface area contributed by atoms with Crippen LogP contribution in [0.1, 0.15) is 24.4 Å². The van der Waals surface area contributed by atoms with E-state index < -0.39 is 17.5 Å². The van der Waals surface area contributed by atoms with Gasteiger partial charge in [0.25, 0.3) is 5.56 Å². The van der Waals surface area contributed by atoms with Crippen molar-refractivity contribution in [1.82, 2.24) is 15.3 Å². The summed E-state index contributed by atoms with van der Waals surface area (Å²) in [6, 6.07) is 4.99. The average molecular weight is 355 g/mol. The minimum atomic E-state index is -1.31. The van der Waals surface area contributed by atoms with E-state index in [4.69, 9.17) is 22.1 Å². The predicted molar refractivity (Wildman–Crippen MR) is 91.3 cm³/mol. The second-order valence-electron chi connectivity index (χ2n) is 5.43. The summed E-state index contributed by atoms with van der Waals surface area (Å²) in [5.41, 5.74) is 4.62. The lowest BCUT2D eigenvalue weighted by atomic mass is 10.2. The van der Waals surface area contributed by atoms with Crippen LogP contribution in [0.25, 0.3) is 0 Å². The summed E-state index contributed by atoms with van der Waals surface area (Å²) in [6.07, 6.45) is -1.31. The number of aliphatic hydroxyl groups excluding tert-OH is 1. The summed E-state index contributed by atoms with van der Waals surface area (Å²) in [5.74, 6) is 0.643. The van der Waals surface area contributed by atoms with Crippen molar-refractivity contribution in [3.8, 4) is 5.75 Å². The van der Waals surface area contributed by atoms with Crippen molar-refractivity contribution in [1.29, 1.82) is 0 Å². The zero-order valence-electron chi connectivity index (χ0n) is 13.2. The smallest absolute Gasteiger partial charge is 0.326 e. The molecular formula is C15H19ClN4O4. The Morgan fingerprint density at radius 3 is 2.75 bits per heavy atom. The topological polar surface area (TPSA) is 133 Å². The van der Waals surface area contributed by atoms with E-state index in [-0.39, 0.29) is 24.0 Å². The molecule has 0 aliphatic rings. The Hall–Kier alpha value is -2.29. The van der Waals surface area contributed by atoms with Gasteiger partial charge in [0, 0.05) is 11.1 Å². The molecule has 0 fully saturated rings. The quantitative estimate of drug-likeness (QED) is 0.484. The highest BCUT2D eigenvalue weighted by Crippen LogP contribution is 2.21. The molecule has 2 atom stereocenters. The first-order valence-electron chi connectivity index (χ1n) is 7.23. The van der Waals surface area contributed by atoms with Crippen molar-refractivity contribution in [2.75, 3.05) is 12.3 Å². The molecule has 9 heteroatoms. The van der Waals surface area contributed by atoms with Crippen LogP contribution in [0, 0.1) is 6.92 Å². The number of aryl methyl sites for hydroxylation is 1. The lowest BCUT2D eigenvalue weighted by Gasteiger charge is -2.20. The number of nitrogens with two attached hydrogens (primary N) is 1. The second-order valence-corrected chi connectivity index (χ2v) is 5.84. The first-order valence-corrected chi connectivity index (χ1v) is 7.60. The number of aromatic nitrogens is 2. The highest BCUT2D eigenvalue weighted by atomic mass is 35.5. The van der Waals surface area contributed by atoms with E-state index in [0.29, 0.717) is 10.8 Å². The molecule has 1 aromatic heterocycles. The van der Waals surface area contributed by atoms with Crippen molar-refractivity contribution < 1.29 is 9.84 Å². The third-order valence-corrected chi connectivity index (χ3v) is 3.78. The Labute approximate surface area is 142 Å². The minimum absolute atomic E-state index is 0.0852. The first-order chi connectivity index (χ1) is 11.3. The van der Waals surface area contributed by atoms with Crippen LogP contribution >= 0.6 is 11.6 Å². The van der Waals surface area contributed by atoms with Gasteiger partial charge in [-0.25, -0.2) is 4.79 Å². The molecule has 2 aromatic rings. The van der Waals surface area contributed by atoms with Crippen molar-refractivity contribution in [3.05, 3.63) is 55.3 Å². The molecular weight excluding hydrogens is 336 g/mol. The molecule has 0 amide bonds. The number of benzene rings is 1. The van der Waals surface area contributed by atoms with Gasteiger partial charge in [0.15, 0.2) is 0 Å².